The van der Waals surface area contributed by atoms with Crippen molar-refractivity contribution in [1.82, 2.24) is 4.90 Å². The molecule has 1 amide bonds. The summed E-state index contributed by atoms with van der Waals surface area (Å²) in [7, 11) is 1.51. The van der Waals surface area contributed by atoms with E-state index in [2.05, 4.69) is 0 Å². The summed E-state index contributed by atoms with van der Waals surface area (Å²) >= 11 is 0. The van der Waals surface area contributed by atoms with E-state index in [1.165, 1.54) is 24.1 Å². The zero-order valence-electron chi connectivity index (χ0n) is 16.9. The second kappa shape index (κ2) is 8.36. The normalized spacial score (nSPS) is 17.7. The van der Waals surface area contributed by atoms with E-state index >= 15 is 0 Å². The molecule has 0 radical (unpaired) electrons. The van der Waals surface area contributed by atoms with E-state index in [4.69, 9.17) is 4.74 Å². The van der Waals surface area contributed by atoms with E-state index < -0.39 is 17.7 Å². The highest BCUT2D eigenvalue weighted by Crippen LogP contribution is 2.40. The van der Waals surface area contributed by atoms with Crippen LogP contribution in [0.3, 0.4) is 0 Å². The minimum atomic E-state index is -0.799. The first-order chi connectivity index (χ1) is 15.0. The highest BCUT2D eigenvalue weighted by Gasteiger charge is 2.46. The van der Waals surface area contributed by atoms with Gasteiger partial charge in [0, 0.05) is 12.1 Å². The number of likely N-dealkylation sites (tertiary alicyclic amines) is 1. The first-order valence-corrected chi connectivity index (χ1v) is 9.75. The number of hydrogen-bond acceptors (Lipinski definition) is 5. The average molecular weight is 415 g/mol. The van der Waals surface area contributed by atoms with E-state index in [0.29, 0.717) is 16.9 Å². The van der Waals surface area contributed by atoms with Crippen LogP contribution in [-0.4, -0.2) is 33.9 Å². The third-order valence-electron chi connectivity index (χ3n) is 5.29. The lowest BCUT2D eigenvalue weighted by Gasteiger charge is -2.25. The summed E-state index contributed by atoms with van der Waals surface area (Å²) in [6.07, 6.45) is 0. The van der Waals surface area contributed by atoms with Crippen LogP contribution in [0, 0.1) is 0 Å². The number of phenolic OH excluding ortho intramolecular Hbond substituents is 1. The van der Waals surface area contributed by atoms with Crippen LogP contribution in [0.25, 0.3) is 5.76 Å². The van der Waals surface area contributed by atoms with Crippen LogP contribution in [0.5, 0.6) is 11.5 Å². The fourth-order valence-corrected chi connectivity index (χ4v) is 3.75. The molecule has 3 aromatic rings. The molecule has 31 heavy (non-hydrogen) atoms. The molecule has 3 aromatic carbocycles. The van der Waals surface area contributed by atoms with Gasteiger partial charge in [-0.2, -0.15) is 0 Å². The Bertz CT molecular complexity index is 1150. The molecule has 1 aliphatic heterocycles. The fraction of sp³-hybridized carbons (Fsp3) is 0.120. The van der Waals surface area contributed by atoms with Gasteiger partial charge in [0.2, 0.25) is 0 Å². The molecule has 1 fully saturated rings. The molecule has 156 valence electrons. The highest BCUT2D eigenvalue weighted by molar-refractivity contribution is 6.46. The standard InChI is InChI=1S/C25H21NO5/c1-31-20-9-5-8-18(14-20)23(28)21-22(17-10-12-19(27)13-11-17)26(25(30)24(21)29)15-16-6-3-2-4-7-16/h2-14,22,27-28H,15H2,1H3/b23-21+. The van der Waals surface area contributed by atoms with Gasteiger partial charge in [0.15, 0.2) is 0 Å². The Balaban J connectivity index is 1.86. The summed E-state index contributed by atoms with van der Waals surface area (Å²) in [5.41, 5.74) is 1.84. The Morgan fingerprint density at radius 3 is 2.35 bits per heavy atom. The summed E-state index contributed by atoms with van der Waals surface area (Å²) in [6, 6.07) is 21.5. The molecule has 1 unspecified atom stereocenters. The van der Waals surface area contributed by atoms with Gasteiger partial charge in [0.25, 0.3) is 11.7 Å². The Morgan fingerprint density at radius 2 is 1.68 bits per heavy atom. The number of aliphatic hydroxyl groups excluding tert-OH is 1. The van der Waals surface area contributed by atoms with Gasteiger partial charge in [-0.15, -0.1) is 0 Å². The maximum atomic E-state index is 13.0. The first kappa shape index (κ1) is 20.2. The molecule has 2 N–H and O–H groups in total. The Morgan fingerprint density at radius 1 is 0.968 bits per heavy atom. The van der Waals surface area contributed by atoms with Crippen molar-refractivity contribution in [2.75, 3.05) is 7.11 Å². The molecular weight excluding hydrogens is 394 g/mol. The van der Waals surface area contributed by atoms with Crippen LogP contribution < -0.4 is 4.74 Å². The van der Waals surface area contributed by atoms with Crippen molar-refractivity contribution >= 4 is 17.4 Å². The van der Waals surface area contributed by atoms with Crippen molar-refractivity contribution in [2.45, 2.75) is 12.6 Å². The molecule has 0 saturated carbocycles. The van der Waals surface area contributed by atoms with E-state index in [0.717, 1.165) is 5.56 Å². The van der Waals surface area contributed by atoms with Crippen LogP contribution in [0.1, 0.15) is 22.7 Å². The Labute approximate surface area is 179 Å². The molecular formula is C25H21NO5. The lowest BCUT2D eigenvalue weighted by atomic mass is 9.95. The number of benzene rings is 3. The monoisotopic (exact) mass is 415 g/mol. The third kappa shape index (κ3) is 3.88. The minimum absolute atomic E-state index is 0.000117. The third-order valence-corrected chi connectivity index (χ3v) is 5.29. The second-order valence-corrected chi connectivity index (χ2v) is 7.24. The summed E-state index contributed by atoms with van der Waals surface area (Å²) in [5, 5.41) is 20.8. The van der Waals surface area contributed by atoms with Crippen molar-refractivity contribution in [3.8, 4) is 11.5 Å². The highest BCUT2D eigenvalue weighted by atomic mass is 16.5. The number of rotatable bonds is 5. The quantitative estimate of drug-likeness (QED) is 0.373. The lowest BCUT2D eigenvalue weighted by Crippen LogP contribution is -2.29. The molecule has 0 aromatic heterocycles. The maximum Gasteiger partial charge on any atom is 0.295 e. The van der Waals surface area contributed by atoms with E-state index in [9.17, 15) is 19.8 Å². The van der Waals surface area contributed by atoms with Crippen molar-refractivity contribution in [3.63, 3.8) is 0 Å². The lowest BCUT2D eigenvalue weighted by molar-refractivity contribution is -0.140. The predicted molar refractivity (Wildman–Crippen MR) is 115 cm³/mol. The number of methoxy groups -OCH3 is 1. The van der Waals surface area contributed by atoms with E-state index in [-0.39, 0.29) is 23.6 Å². The summed E-state index contributed by atoms with van der Waals surface area (Å²) < 4.78 is 5.22. The number of ketones is 1. The number of phenols is 1. The number of hydrogen-bond donors (Lipinski definition) is 2. The number of carbonyl (C=O) groups is 2. The predicted octanol–water partition coefficient (Wildman–Crippen LogP) is 4.02. The number of carbonyl (C=O) groups excluding carboxylic acids is 2. The van der Waals surface area contributed by atoms with Crippen molar-refractivity contribution < 1.29 is 24.5 Å². The molecule has 0 bridgehead atoms. The van der Waals surface area contributed by atoms with Crippen molar-refractivity contribution in [1.29, 1.82) is 0 Å². The molecule has 6 nitrogen and oxygen atoms in total. The van der Waals surface area contributed by atoms with Crippen LogP contribution in [-0.2, 0) is 16.1 Å². The average Bonchev–Trinajstić information content (AvgIpc) is 3.05. The van der Waals surface area contributed by atoms with Gasteiger partial charge in [-0.1, -0.05) is 54.6 Å². The zero-order valence-corrected chi connectivity index (χ0v) is 16.9. The molecule has 4 rings (SSSR count). The van der Waals surface area contributed by atoms with Crippen LogP contribution in [0.4, 0.5) is 0 Å². The van der Waals surface area contributed by atoms with Gasteiger partial charge in [0.1, 0.15) is 17.3 Å². The summed E-state index contributed by atoms with van der Waals surface area (Å²) in [4.78, 5) is 27.5. The van der Waals surface area contributed by atoms with Crippen LogP contribution >= 0.6 is 0 Å². The number of ether oxygens (including phenoxy) is 1. The number of aromatic hydroxyl groups is 1. The molecule has 1 aliphatic rings. The minimum Gasteiger partial charge on any atom is -0.508 e. The second-order valence-electron chi connectivity index (χ2n) is 7.24. The SMILES string of the molecule is COc1cccc(/C(O)=C2\C(=O)C(=O)N(Cc3ccccc3)C2c2ccc(O)cc2)c1. The number of nitrogens with zero attached hydrogens (tertiary/aromatic N) is 1. The number of amides is 1. The molecule has 0 spiro atoms. The van der Waals surface area contributed by atoms with E-state index in [1.54, 1.807) is 36.4 Å². The number of Topliss-reactive ketones (excluding diaryl/α,β-unsaturated/α-hetero) is 1. The first-order valence-electron chi connectivity index (χ1n) is 9.75. The largest absolute Gasteiger partial charge is 0.508 e. The molecule has 0 aliphatic carbocycles. The van der Waals surface area contributed by atoms with Gasteiger partial charge < -0.3 is 19.8 Å². The van der Waals surface area contributed by atoms with Crippen LogP contribution in [0.15, 0.2) is 84.4 Å². The van der Waals surface area contributed by atoms with Gasteiger partial charge in [0.05, 0.1) is 18.7 Å². The van der Waals surface area contributed by atoms with Gasteiger partial charge in [-0.05, 0) is 35.4 Å². The molecule has 1 saturated heterocycles. The topological polar surface area (TPSA) is 87.1 Å². The van der Waals surface area contributed by atoms with Gasteiger partial charge >= 0.3 is 0 Å². The molecule has 1 heterocycles. The van der Waals surface area contributed by atoms with Crippen LogP contribution in [0.2, 0.25) is 0 Å². The van der Waals surface area contributed by atoms with Gasteiger partial charge in [-0.3, -0.25) is 9.59 Å². The Kier molecular flexibility index (Phi) is 5.45. The van der Waals surface area contributed by atoms with Crippen molar-refractivity contribution in [2.24, 2.45) is 0 Å². The zero-order chi connectivity index (χ0) is 22.0. The summed E-state index contributed by atoms with van der Waals surface area (Å²) in [6.45, 7) is 0.200. The van der Waals surface area contributed by atoms with Crippen molar-refractivity contribution in [3.05, 3.63) is 101 Å². The van der Waals surface area contributed by atoms with E-state index in [1.807, 2.05) is 30.3 Å². The molecule has 1 atom stereocenters. The summed E-state index contributed by atoms with van der Waals surface area (Å²) in [5.74, 6) is -1.13. The van der Waals surface area contributed by atoms with Gasteiger partial charge in [-0.25, -0.2) is 0 Å². The maximum absolute atomic E-state index is 13.0. The number of aliphatic hydroxyl groups is 1. The smallest absolute Gasteiger partial charge is 0.295 e. The molecule has 6 heteroatoms. The Hall–Kier alpha value is -4.06. The fourth-order valence-electron chi connectivity index (χ4n) is 3.75.